The molecule has 17 heteroatoms. The van der Waals surface area contributed by atoms with Crippen LogP contribution in [0.4, 0.5) is 0 Å². The summed E-state index contributed by atoms with van der Waals surface area (Å²) in [5.41, 5.74) is 6.72. The van der Waals surface area contributed by atoms with Crippen LogP contribution in [0.15, 0.2) is 46.8 Å². The summed E-state index contributed by atoms with van der Waals surface area (Å²) in [7, 11) is 1.67. The molecule has 1 aromatic heterocycles. The van der Waals surface area contributed by atoms with Crippen molar-refractivity contribution < 1.29 is 33.8 Å². The van der Waals surface area contributed by atoms with Crippen LogP contribution in [-0.2, 0) is 35.7 Å². The first-order chi connectivity index (χ1) is 19.1. The van der Waals surface area contributed by atoms with Crippen LogP contribution in [0.25, 0.3) is 0 Å². The summed E-state index contributed by atoms with van der Waals surface area (Å²) >= 11 is 2.61. The molecule has 3 heterocycles. The van der Waals surface area contributed by atoms with Crippen molar-refractivity contribution >= 4 is 59.7 Å². The molecule has 0 spiro atoms. The third-order valence-corrected chi connectivity index (χ3v) is 8.68. The van der Waals surface area contributed by atoms with E-state index < -0.39 is 54.1 Å². The number of aryl methyl sites for hydroxylation is 1. The molecule has 0 saturated carbocycles. The van der Waals surface area contributed by atoms with Crippen molar-refractivity contribution in [2.24, 2.45) is 18.7 Å². The first-order valence-electron chi connectivity index (χ1n) is 12.2. The van der Waals surface area contributed by atoms with E-state index >= 15 is 0 Å². The Labute approximate surface area is 250 Å². The van der Waals surface area contributed by atoms with Crippen molar-refractivity contribution in [3.63, 3.8) is 0 Å². The Morgan fingerprint density at radius 1 is 1.24 bits per heavy atom. The minimum atomic E-state index is -1.46. The van der Waals surface area contributed by atoms with Gasteiger partial charge in [-0.3, -0.25) is 19.3 Å². The highest BCUT2D eigenvalue weighted by atomic mass is 35.5. The number of aliphatic hydroxyl groups is 1. The van der Waals surface area contributed by atoms with E-state index in [4.69, 9.17) is 15.2 Å². The van der Waals surface area contributed by atoms with E-state index in [1.165, 1.54) is 33.1 Å². The number of carbonyl (C=O) groups is 4. The smallest absolute Gasteiger partial charge is 0.357 e. The van der Waals surface area contributed by atoms with Gasteiger partial charge in [0.1, 0.15) is 23.2 Å². The average Bonchev–Trinajstić information content (AvgIpc) is 3.37. The number of fused-ring (bicyclic) bond motifs is 1. The number of hydrogen-bond donors (Lipinski definition) is 3. The lowest BCUT2D eigenvalue weighted by atomic mass is 10.0. The summed E-state index contributed by atoms with van der Waals surface area (Å²) in [6, 6.07) is 6.48. The van der Waals surface area contributed by atoms with Crippen molar-refractivity contribution in [3.05, 3.63) is 47.2 Å². The van der Waals surface area contributed by atoms with Gasteiger partial charge in [0.2, 0.25) is 11.9 Å². The Balaban J connectivity index is 0.00000462. The van der Waals surface area contributed by atoms with Gasteiger partial charge in [-0.2, -0.15) is 0 Å². The van der Waals surface area contributed by atoms with Crippen molar-refractivity contribution in [1.82, 2.24) is 30.4 Å². The number of ether oxygens (including phenoxy) is 2. The van der Waals surface area contributed by atoms with Crippen LogP contribution < -0.4 is 11.1 Å². The molecule has 2 amide bonds. The first kappa shape index (κ1) is 32.3. The number of nitrogens with zero attached hydrogens (tertiary/aromatic N) is 5. The minimum absolute atomic E-state index is 0. The van der Waals surface area contributed by atoms with Crippen LogP contribution in [-0.4, -0.2) is 89.7 Å². The highest BCUT2D eigenvalue weighted by Crippen LogP contribution is 2.42. The number of tetrazole rings is 1. The Kier molecular flexibility index (Phi) is 11.1. The molecule has 14 nitrogen and oxygen atoms in total. The molecule has 2 aliphatic heterocycles. The molecule has 0 aliphatic carbocycles. The molecule has 41 heavy (non-hydrogen) atoms. The molecule has 0 unspecified atom stereocenters. The molecule has 0 bridgehead atoms. The molecular formula is C24H30ClN7O7S2. The lowest BCUT2D eigenvalue weighted by Gasteiger charge is -2.49. The molecule has 4 N–H and O–H groups in total. The van der Waals surface area contributed by atoms with E-state index in [9.17, 15) is 24.3 Å². The summed E-state index contributed by atoms with van der Waals surface area (Å²) < 4.78 is 11.7. The maximum absolute atomic E-state index is 13.2. The standard InChI is InChI=1S/C24H29N7O7S2.ClH/c1-12(2)15(25)22(35)37-11-38-23(36)17-14(10-40-24-27-28-29-30(24)3)9-39-21-16(20(34)31(17)21)26-19(33)18(32)13-7-5-4-6-8-13;/h4-8,12,15-16,18,21,32H,9-11,25H2,1-3H3,(H,26,33);1H/t15-,16+,18+,21+;/m0./s1. The van der Waals surface area contributed by atoms with E-state index in [-0.39, 0.29) is 29.8 Å². The fraction of sp³-hybridized carbons (Fsp3) is 0.458. The number of aliphatic hydroxyl groups excluding tert-OH is 1. The lowest BCUT2D eigenvalue weighted by Crippen LogP contribution is -2.71. The van der Waals surface area contributed by atoms with Gasteiger partial charge in [-0.15, -0.1) is 29.3 Å². The quantitative estimate of drug-likeness (QED) is 0.132. The Morgan fingerprint density at radius 3 is 2.59 bits per heavy atom. The number of hydrogen-bond acceptors (Lipinski definition) is 13. The van der Waals surface area contributed by atoms with Crippen LogP contribution in [0.3, 0.4) is 0 Å². The molecule has 1 saturated heterocycles. The Hall–Kier alpha value is -3.18. The van der Waals surface area contributed by atoms with Gasteiger partial charge in [0, 0.05) is 18.6 Å². The summed E-state index contributed by atoms with van der Waals surface area (Å²) in [4.78, 5) is 52.4. The molecule has 2 aliphatic rings. The number of aromatic nitrogens is 4. The molecule has 222 valence electrons. The number of amides is 2. The summed E-state index contributed by atoms with van der Waals surface area (Å²) in [5.74, 6) is -2.44. The van der Waals surface area contributed by atoms with Crippen LogP contribution in [0.1, 0.15) is 25.5 Å². The molecule has 4 rings (SSSR count). The normalized spacial score (nSPS) is 19.5. The summed E-state index contributed by atoms with van der Waals surface area (Å²) in [6.07, 6.45) is -1.46. The van der Waals surface area contributed by atoms with Crippen LogP contribution in [0.2, 0.25) is 0 Å². The summed E-state index contributed by atoms with van der Waals surface area (Å²) in [6.45, 7) is 2.82. The van der Waals surface area contributed by atoms with Gasteiger partial charge in [-0.05, 0) is 27.5 Å². The van der Waals surface area contributed by atoms with Crippen molar-refractivity contribution in [2.75, 3.05) is 18.3 Å². The predicted octanol–water partition coefficient (Wildman–Crippen LogP) is 0.139. The van der Waals surface area contributed by atoms with Crippen molar-refractivity contribution in [1.29, 1.82) is 0 Å². The fourth-order valence-corrected chi connectivity index (χ4v) is 6.21. The molecule has 4 atom stereocenters. The zero-order valence-electron chi connectivity index (χ0n) is 22.3. The second kappa shape index (κ2) is 14.1. The van der Waals surface area contributed by atoms with E-state index in [2.05, 4.69) is 20.8 Å². The monoisotopic (exact) mass is 627 g/mol. The number of benzene rings is 1. The van der Waals surface area contributed by atoms with E-state index in [0.29, 0.717) is 22.0 Å². The highest BCUT2D eigenvalue weighted by molar-refractivity contribution is 8.01. The van der Waals surface area contributed by atoms with E-state index in [1.54, 1.807) is 51.2 Å². The number of β-lactam (4-membered cyclic amide) rings is 1. The van der Waals surface area contributed by atoms with Gasteiger partial charge in [0.15, 0.2) is 6.10 Å². The van der Waals surface area contributed by atoms with E-state index in [0.717, 1.165) is 0 Å². The van der Waals surface area contributed by atoms with Gasteiger partial charge in [0.05, 0.1) is 0 Å². The zero-order valence-corrected chi connectivity index (χ0v) is 24.8. The number of carbonyl (C=O) groups excluding carboxylic acids is 4. The molecule has 1 aromatic carbocycles. The SMILES string of the molecule is CC(C)[C@H](N)C(=O)OCOC(=O)C1=C(CSc2nnnn2C)CS[C@@H]2[C@H](NC(=O)[C@H](O)c3ccccc3)C(=O)N12.Cl. The van der Waals surface area contributed by atoms with Gasteiger partial charge >= 0.3 is 11.9 Å². The van der Waals surface area contributed by atoms with Crippen molar-refractivity contribution in [3.8, 4) is 0 Å². The highest BCUT2D eigenvalue weighted by Gasteiger charge is 2.54. The molecule has 2 aromatic rings. The maximum atomic E-state index is 13.2. The predicted molar refractivity (Wildman–Crippen MR) is 150 cm³/mol. The molecule has 0 radical (unpaired) electrons. The van der Waals surface area contributed by atoms with Gasteiger partial charge < -0.3 is 25.6 Å². The number of thioether (sulfide) groups is 2. The van der Waals surface area contributed by atoms with Crippen LogP contribution in [0.5, 0.6) is 0 Å². The third-order valence-electron chi connectivity index (χ3n) is 6.24. The Morgan fingerprint density at radius 2 is 1.95 bits per heavy atom. The van der Waals surface area contributed by atoms with Crippen LogP contribution in [0, 0.1) is 5.92 Å². The van der Waals surface area contributed by atoms with Gasteiger partial charge in [0.25, 0.3) is 11.8 Å². The maximum Gasteiger partial charge on any atom is 0.357 e. The van der Waals surface area contributed by atoms with Crippen molar-refractivity contribution in [2.45, 2.75) is 42.6 Å². The number of esters is 2. The number of nitrogens with two attached hydrogens (primary N) is 1. The largest absolute Gasteiger partial charge is 0.427 e. The Bertz CT molecular complexity index is 1310. The van der Waals surface area contributed by atoms with Gasteiger partial charge in [-0.25, -0.2) is 9.48 Å². The van der Waals surface area contributed by atoms with Gasteiger partial charge in [-0.1, -0.05) is 55.9 Å². The van der Waals surface area contributed by atoms with Crippen LogP contribution >= 0.6 is 35.9 Å². The second-order valence-electron chi connectivity index (χ2n) is 9.32. The molecule has 1 fully saturated rings. The fourth-order valence-electron chi connectivity index (χ4n) is 3.87. The van der Waals surface area contributed by atoms with E-state index in [1.807, 2.05) is 0 Å². The number of rotatable bonds is 11. The second-order valence-corrected chi connectivity index (χ2v) is 11.4. The molecular weight excluding hydrogens is 598 g/mol. The lowest BCUT2D eigenvalue weighted by molar-refractivity contribution is -0.169. The third kappa shape index (κ3) is 7.19. The summed E-state index contributed by atoms with van der Waals surface area (Å²) in [5, 5.41) is 24.2. The minimum Gasteiger partial charge on any atom is -0.427 e. The zero-order chi connectivity index (χ0) is 29.0. The topological polar surface area (TPSA) is 192 Å². The number of halogens is 1. The number of nitrogens with one attached hydrogen (secondary N) is 1. The first-order valence-corrected chi connectivity index (χ1v) is 14.3. The average molecular weight is 628 g/mol.